The van der Waals surface area contributed by atoms with E-state index in [4.69, 9.17) is 0 Å². The molecule has 1 fully saturated rings. The molecule has 0 aliphatic heterocycles. The molecular formula is C16H24O. The second-order valence-electron chi connectivity index (χ2n) is 5.52. The van der Waals surface area contributed by atoms with Gasteiger partial charge < -0.3 is 5.11 Å². The molecule has 1 saturated carbocycles. The maximum absolute atomic E-state index is 10.1. The lowest BCUT2D eigenvalue weighted by molar-refractivity contribution is 0.118. The highest BCUT2D eigenvalue weighted by Crippen LogP contribution is 2.34. The van der Waals surface area contributed by atoms with E-state index >= 15 is 0 Å². The maximum atomic E-state index is 10.1. The van der Waals surface area contributed by atoms with Crippen LogP contribution in [0, 0.1) is 5.92 Å². The molecule has 0 bridgehead atoms. The van der Waals surface area contributed by atoms with Crippen LogP contribution in [-0.2, 0) is 0 Å². The average molecular weight is 232 g/mol. The Hall–Kier alpha value is -0.820. The molecule has 1 aliphatic rings. The van der Waals surface area contributed by atoms with Crippen molar-refractivity contribution in [3.63, 3.8) is 0 Å². The van der Waals surface area contributed by atoms with Crippen molar-refractivity contribution >= 4 is 0 Å². The Labute approximate surface area is 105 Å². The van der Waals surface area contributed by atoms with Crippen LogP contribution in [-0.4, -0.2) is 5.11 Å². The second-order valence-corrected chi connectivity index (χ2v) is 5.52. The van der Waals surface area contributed by atoms with Gasteiger partial charge in [-0.25, -0.2) is 0 Å². The third kappa shape index (κ3) is 3.10. The highest BCUT2D eigenvalue weighted by Gasteiger charge is 2.21. The van der Waals surface area contributed by atoms with Gasteiger partial charge in [0.05, 0.1) is 6.10 Å². The van der Waals surface area contributed by atoms with E-state index in [1.165, 1.54) is 31.2 Å². The summed E-state index contributed by atoms with van der Waals surface area (Å²) in [7, 11) is 0. The van der Waals surface area contributed by atoms with Crippen LogP contribution < -0.4 is 0 Å². The van der Waals surface area contributed by atoms with Gasteiger partial charge in [0.15, 0.2) is 0 Å². The van der Waals surface area contributed by atoms with Crippen LogP contribution >= 0.6 is 0 Å². The fourth-order valence-corrected chi connectivity index (χ4v) is 2.46. The monoisotopic (exact) mass is 232 g/mol. The van der Waals surface area contributed by atoms with E-state index in [1.807, 2.05) is 0 Å². The van der Waals surface area contributed by atoms with Crippen LogP contribution in [0.2, 0.25) is 0 Å². The van der Waals surface area contributed by atoms with Crippen molar-refractivity contribution in [2.75, 3.05) is 0 Å². The van der Waals surface area contributed by atoms with Crippen molar-refractivity contribution in [3.05, 3.63) is 35.4 Å². The molecule has 0 amide bonds. The Balaban J connectivity index is 1.96. The summed E-state index contributed by atoms with van der Waals surface area (Å²) >= 11 is 0. The van der Waals surface area contributed by atoms with Crippen LogP contribution in [0.15, 0.2) is 24.3 Å². The minimum Gasteiger partial charge on any atom is -0.388 e. The molecular weight excluding hydrogens is 208 g/mol. The zero-order chi connectivity index (χ0) is 12.3. The lowest BCUT2D eigenvalue weighted by atomic mass is 9.80. The summed E-state index contributed by atoms with van der Waals surface area (Å²) in [5.74, 6) is 1.38. The molecule has 0 spiro atoms. The normalized spacial score (nSPS) is 19.7. The zero-order valence-corrected chi connectivity index (χ0v) is 11.0. The Morgan fingerprint density at radius 2 is 1.76 bits per heavy atom. The minimum absolute atomic E-state index is 0.258. The molecule has 1 aromatic rings. The molecule has 17 heavy (non-hydrogen) atoms. The summed E-state index contributed by atoms with van der Waals surface area (Å²) < 4.78 is 0. The van der Waals surface area contributed by atoms with Crippen LogP contribution in [0.4, 0.5) is 0 Å². The van der Waals surface area contributed by atoms with E-state index < -0.39 is 0 Å². The number of aliphatic hydroxyl groups excluding tert-OH is 1. The van der Waals surface area contributed by atoms with E-state index in [1.54, 1.807) is 0 Å². The maximum Gasteiger partial charge on any atom is 0.0792 e. The molecule has 1 N–H and O–H groups in total. The molecule has 0 saturated heterocycles. The first-order chi connectivity index (χ1) is 8.20. The van der Waals surface area contributed by atoms with Crippen molar-refractivity contribution in [2.24, 2.45) is 5.92 Å². The number of rotatable bonds is 5. The van der Waals surface area contributed by atoms with E-state index in [-0.39, 0.29) is 6.10 Å². The van der Waals surface area contributed by atoms with Gasteiger partial charge in [-0.2, -0.15) is 0 Å². The Bertz CT molecular complexity index is 337. The van der Waals surface area contributed by atoms with Gasteiger partial charge in [0.25, 0.3) is 0 Å². The highest BCUT2D eigenvalue weighted by molar-refractivity contribution is 5.26. The fraction of sp³-hybridized carbons (Fsp3) is 0.625. The first kappa shape index (κ1) is 12.6. The molecule has 0 radical (unpaired) electrons. The number of hydrogen-bond donors (Lipinski definition) is 1. The van der Waals surface area contributed by atoms with E-state index in [9.17, 15) is 5.11 Å². The van der Waals surface area contributed by atoms with Gasteiger partial charge in [0.2, 0.25) is 0 Å². The lowest BCUT2D eigenvalue weighted by Gasteiger charge is -2.27. The third-order valence-corrected chi connectivity index (χ3v) is 4.28. The van der Waals surface area contributed by atoms with Crippen molar-refractivity contribution in [1.29, 1.82) is 0 Å². The highest BCUT2D eigenvalue weighted by atomic mass is 16.3. The molecule has 1 aliphatic carbocycles. The molecule has 1 nitrogen and oxygen atoms in total. The third-order valence-electron chi connectivity index (χ3n) is 4.28. The summed E-state index contributed by atoms with van der Waals surface area (Å²) in [4.78, 5) is 0. The van der Waals surface area contributed by atoms with Crippen LogP contribution in [0.3, 0.4) is 0 Å². The smallest absolute Gasteiger partial charge is 0.0792 e. The standard InChI is InChI=1S/C16H24O/c1-3-12(2)14-7-9-15(10-8-14)16(17)11-13-5-4-6-13/h7-10,12-13,16-17H,3-6,11H2,1-2H3. The van der Waals surface area contributed by atoms with Crippen molar-refractivity contribution in [1.82, 2.24) is 0 Å². The summed E-state index contributed by atoms with van der Waals surface area (Å²) in [5.41, 5.74) is 2.47. The molecule has 1 heteroatoms. The van der Waals surface area contributed by atoms with E-state index in [0.29, 0.717) is 5.92 Å². The average Bonchev–Trinajstić information content (AvgIpc) is 2.32. The van der Waals surface area contributed by atoms with Gasteiger partial charge in [-0.1, -0.05) is 57.4 Å². The summed E-state index contributed by atoms with van der Waals surface area (Å²) in [6, 6.07) is 8.55. The SMILES string of the molecule is CCC(C)c1ccc(C(O)CC2CCC2)cc1. The Morgan fingerprint density at radius 1 is 1.18 bits per heavy atom. The largest absolute Gasteiger partial charge is 0.388 e. The van der Waals surface area contributed by atoms with Gasteiger partial charge in [-0.05, 0) is 35.8 Å². The Kier molecular flexibility index (Phi) is 4.22. The molecule has 2 unspecified atom stereocenters. The second kappa shape index (κ2) is 5.68. The predicted molar refractivity (Wildman–Crippen MR) is 72.1 cm³/mol. The van der Waals surface area contributed by atoms with Gasteiger partial charge in [-0.15, -0.1) is 0 Å². The summed E-state index contributed by atoms with van der Waals surface area (Å²) in [6.45, 7) is 4.46. The zero-order valence-electron chi connectivity index (χ0n) is 11.0. The van der Waals surface area contributed by atoms with Gasteiger partial charge >= 0.3 is 0 Å². The minimum atomic E-state index is -0.258. The van der Waals surface area contributed by atoms with Crippen molar-refractivity contribution < 1.29 is 5.11 Å². The Morgan fingerprint density at radius 3 is 2.24 bits per heavy atom. The molecule has 1 aromatic carbocycles. The quantitative estimate of drug-likeness (QED) is 0.796. The van der Waals surface area contributed by atoms with Crippen molar-refractivity contribution in [3.8, 4) is 0 Å². The summed E-state index contributed by atoms with van der Waals surface area (Å²) in [5, 5.41) is 10.1. The van der Waals surface area contributed by atoms with Gasteiger partial charge in [-0.3, -0.25) is 0 Å². The topological polar surface area (TPSA) is 20.2 Å². The van der Waals surface area contributed by atoms with Gasteiger partial charge in [0.1, 0.15) is 0 Å². The van der Waals surface area contributed by atoms with Crippen LogP contribution in [0.5, 0.6) is 0 Å². The van der Waals surface area contributed by atoms with Crippen LogP contribution in [0.25, 0.3) is 0 Å². The molecule has 0 heterocycles. The lowest BCUT2D eigenvalue weighted by Crippen LogP contribution is -2.14. The van der Waals surface area contributed by atoms with Gasteiger partial charge in [0, 0.05) is 0 Å². The van der Waals surface area contributed by atoms with E-state index in [0.717, 1.165) is 17.9 Å². The predicted octanol–water partition coefficient (Wildman–Crippen LogP) is 4.42. The number of hydrogen-bond acceptors (Lipinski definition) is 1. The van der Waals surface area contributed by atoms with E-state index in [2.05, 4.69) is 38.1 Å². The number of aliphatic hydroxyl groups is 1. The summed E-state index contributed by atoms with van der Waals surface area (Å²) in [6.07, 6.45) is 5.83. The molecule has 0 aromatic heterocycles. The molecule has 2 atom stereocenters. The van der Waals surface area contributed by atoms with Crippen molar-refractivity contribution in [2.45, 2.75) is 58.0 Å². The molecule has 2 rings (SSSR count). The first-order valence-electron chi connectivity index (χ1n) is 6.98. The number of benzene rings is 1. The molecule has 94 valence electrons. The van der Waals surface area contributed by atoms with Crippen LogP contribution in [0.1, 0.15) is 69.1 Å². The first-order valence-corrected chi connectivity index (χ1v) is 6.98. The fourth-order valence-electron chi connectivity index (χ4n) is 2.46.